The lowest BCUT2D eigenvalue weighted by molar-refractivity contribution is 0.415. The van der Waals surface area contributed by atoms with Gasteiger partial charge in [0.15, 0.2) is 9.34 Å². The van der Waals surface area contributed by atoms with Crippen molar-refractivity contribution in [3.8, 4) is 5.75 Å². The average molecular weight is 299 g/mol. The second kappa shape index (κ2) is 5.06. The molecule has 0 atom stereocenters. The fourth-order valence-electron chi connectivity index (χ4n) is 1.51. The molecule has 102 valence electrons. The minimum atomic E-state index is -3.66. The number of aromatic nitrogens is 1. The fraction of sp³-hybridized carbons (Fsp3) is 0.182. The van der Waals surface area contributed by atoms with Crippen molar-refractivity contribution < 1.29 is 13.2 Å². The van der Waals surface area contributed by atoms with Crippen molar-refractivity contribution in [1.82, 2.24) is 4.98 Å². The van der Waals surface area contributed by atoms with E-state index in [1.54, 1.807) is 38.3 Å². The van der Waals surface area contributed by atoms with Crippen LogP contribution >= 0.6 is 11.3 Å². The lowest BCUT2D eigenvalue weighted by Gasteiger charge is -2.07. The molecule has 0 spiro atoms. The van der Waals surface area contributed by atoms with E-state index in [-0.39, 0.29) is 9.34 Å². The number of nitrogens with one attached hydrogen (secondary N) is 1. The van der Waals surface area contributed by atoms with Crippen molar-refractivity contribution in [3.63, 3.8) is 0 Å². The molecule has 0 unspecified atom stereocenters. The van der Waals surface area contributed by atoms with Gasteiger partial charge in [-0.3, -0.25) is 4.72 Å². The third kappa shape index (κ3) is 2.96. The Morgan fingerprint density at radius 1 is 1.32 bits per heavy atom. The largest absolute Gasteiger partial charge is 0.497 e. The van der Waals surface area contributed by atoms with Gasteiger partial charge in [-0.05, 0) is 31.2 Å². The van der Waals surface area contributed by atoms with Crippen LogP contribution in [-0.4, -0.2) is 20.5 Å². The maximum atomic E-state index is 12.2. The molecule has 0 aliphatic heterocycles. The standard InChI is InChI=1S/C11H13N3O3S2/c1-7-10(18-11(12)13-7)19(15,16)14-8-3-5-9(17-2)6-4-8/h3-6,14H,1-2H3,(H2,12,13). The van der Waals surface area contributed by atoms with Crippen molar-refractivity contribution in [2.24, 2.45) is 0 Å². The van der Waals surface area contributed by atoms with Crippen molar-refractivity contribution in [1.29, 1.82) is 0 Å². The molecule has 2 rings (SSSR count). The Hall–Kier alpha value is -1.80. The van der Waals surface area contributed by atoms with Crippen LogP contribution in [0.4, 0.5) is 10.8 Å². The number of aryl methyl sites for hydroxylation is 1. The van der Waals surface area contributed by atoms with Gasteiger partial charge in [0.05, 0.1) is 12.8 Å². The highest BCUT2D eigenvalue weighted by Gasteiger charge is 2.21. The second-order valence-corrected chi connectivity index (χ2v) is 6.67. The lowest BCUT2D eigenvalue weighted by Crippen LogP contribution is -2.12. The van der Waals surface area contributed by atoms with Gasteiger partial charge in [-0.1, -0.05) is 11.3 Å². The molecule has 0 saturated carbocycles. The quantitative estimate of drug-likeness (QED) is 0.898. The highest BCUT2D eigenvalue weighted by atomic mass is 32.2. The smallest absolute Gasteiger partial charge is 0.273 e. The van der Waals surface area contributed by atoms with Crippen molar-refractivity contribution in [3.05, 3.63) is 30.0 Å². The molecule has 0 saturated heterocycles. The van der Waals surface area contributed by atoms with Crippen LogP contribution < -0.4 is 15.2 Å². The first-order chi connectivity index (χ1) is 8.92. The molecule has 1 aromatic carbocycles. The third-order valence-corrected chi connectivity index (χ3v) is 5.33. The van der Waals surface area contributed by atoms with Gasteiger partial charge in [0.1, 0.15) is 5.75 Å². The topological polar surface area (TPSA) is 94.3 Å². The molecule has 1 aromatic heterocycles. The zero-order valence-corrected chi connectivity index (χ0v) is 12.0. The summed E-state index contributed by atoms with van der Waals surface area (Å²) in [5, 5.41) is 0.229. The minimum absolute atomic E-state index is 0.126. The highest BCUT2D eigenvalue weighted by molar-refractivity contribution is 7.94. The number of ether oxygens (including phenoxy) is 1. The molecule has 0 amide bonds. The lowest BCUT2D eigenvalue weighted by atomic mass is 10.3. The number of nitrogens with zero attached hydrogens (tertiary/aromatic N) is 1. The van der Waals surface area contributed by atoms with Crippen LogP contribution in [0, 0.1) is 6.92 Å². The number of nitrogens with two attached hydrogens (primary N) is 1. The molecule has 0 aliphatic rings. The number of thiazole rings is 1. The van der Waals surface area contributed by atoms with Gasteiger partial charge in [0, 0.05) is 5.69 Å². The third-order valence-electron chi connectivity index (χ3n) is 2.36. The van der Waals surface area contributed by atoms with Crippen LogP contribution in [-0.2, 0) is 10.0 Å². The maximum absolute atomic E-state index is 12.2. The van der Waals surface area contributed by atoms with E-state index in [9.17, 15) is 8.42 Å². The molecule has 0 fully saturated rings. The SMILES string of the molecule is COc1ccc(NS(=O)(=O)c2sc(N)nc2C)cc1. The molecular weight excluding hydrogens is 286 g/mol. The van der Waals surface area contributed by atoms with Crippen LogP contribution in [0.1, 0.15) is 5.69 Å². The Morgan fingerprint density at radius 2 is 1.95 bits per heavy atom. The van der Waals surface area contributed by atoms with E-state index in [0.717, 1.165) is 11.3 Å². The highest BCUT2D eigenvalue weighted by Crippen LogP contribution is 2.27. The number of rotatable bonds is 4. The number of anilines is 2. The molecule has 0 aliphatic carbocycles. The summed E-state index contributed by atoms with van der Waals surface area (Å²) in [7, 11) is -2.11. The van der Waals surface area contributed by atoms with Crippen molar-refractivity contribution >= 4 is 32.2 Å². The normalized spacial score (nSPS) is 11.3. The van der Waals surface area contributed by atoms with Crippen LogP contribution in [0.2, 0.25) is 0 Å². The monoisotopic (exact) mass is 299 g/mol. The van der Waals surface area contributed by atoms with E-state index >= 15 is 0 Å². The Labute approximate surface area is 115 Å². The summed E-state index contributed by atoms with van der Waals surface area (Å²) in [4.78, 5) is 3.90. The van der Waals surface area contributed by atoms with Crippen molar-refractivity contribution in [2.45, 2.75) is 11.1 Å². The molecule has 0 radical (unpaired) electrons. The van der Waals surface area contributed by atoms with E-state index in [1.807, 2.05) is 0 Å². The summed E-state index contributed by atoms with van der Waals surface area (Å²) >= 11 is 0.940. The van der Waals surface area contributed by atoms with Gasteiger partial charge in [-0.15, -0.1) is 0 Å². The summed E-state index contributed by atoms with van der Waals surface area (Å²) in [6, 6.07) is 6.59. The number of hydrogen-bond donors (Lipinski definition) is 2. The summed E-state index contributed by atoms with van der Waals surface area (Å²) < 4.78 is 31.9. The van der Waals surface area contributed by atoms with E-state index in [4.69, 9.17) is 10.5 Å². The van der Waals surface area contributed by atoms with Crippen LogP contribution in [0.25, 0.3) is 0 Å². The molecule has 3 N–H and O–H groups in total. The predicted octanol–water partition coefficient (Wildman–Crippen LogP) is 1.84. The molecule has 0 bridgehead atoms. The summed E-state index contributed by atoms with van der Waals surface area (Å²) in [6.45, 7) is 1.61. The molecule has 6 nitrogen and oxygen atoms in total. The molecule has 19 heavy (non-hydrogen) atoms. The summed E-state index contributed by atoms with van der Waals surface area (Å²) in [5.41, 5.74) is 6.35. The fourth-order valence-corrected chi connectivity index (χ4v) is 3.87. The first-order valence-electron chi connectivity index (χ1n) is 5.32. The van der Waals surface area contributed by atoms with E-state index in [2.05, 4.69) is 9.71 Å². The number of benzene rings is 1. The Bertz CT molecular complexity index is 678. The summed E-state index contributed by atoms with van der Waals surface area (Å²) in [5.74, 6) is 0.654. The van der Waals surface area contributed by atoms with Gasteiger partial charge >= 0.3 is 0 Å². The number of sulfonamides is 1. The van der Waals surface area contributed by atoms with Crippen molar-refractivity contribution in [2.75, 3.05) is 17.6 Å². The average Bonchev–Trinajstić information content (AvgIpc) is 2.70. The Morgan fingerprint density at radius 3 is 2.42 bits per heavy atom. The van der Waals surface area contributed by atoms with E-state index in [0.29, 0.717) is 17.1 Å². The van der Waals surface area contributed by atoms with Crippen LogP contribution in [0.3, 0.4) is 0 Å². The maximum Gasteiger partial charge on any atom is 0.273 e. The Kier molecular flexibility index (Phi) is 3.63. The molecular formula is C11H13N3O3S2. The van der Waals surface area contributed by atoms with Gasteiger partial charge in [-0.2, -0.15) is 0 Å². The number of hydrogen-bond acceptors (Lipinski definition) is 6. The zero-order chi connectivity index (χ0) is 14.0. The Balaban J connectivity index is 2.28. The molecule has 8 heteroatoms. The van der Waals surface area contributed by atoms with E-state index < -0.39 is 10.0 Å². The van der Waals surface area contributed by atoms with Gasteiger partial charge in [0.2, 0.25) is 0 Å². The first-order valence-corrected chi connectivity index (χ1v) is 7.62. The number of nitrogen functional groups attached to an aromatic ring is 1. The molecule has 2 aromatic rings. The summed E-state index contributed by atoms with van der Waals surface area (Å²) in [6.07, 6.45) is 0. The zero-order valence-electron chi connectivity index (χ0n) is 10.4. The van der Waals surface area contributed by atoms with Crippen LogP contribution in [0.15, 0.2) is 28.5 Å². The van der Waals surface area contributed by atoms with Gasteiger partial charge < -0.3 is 10.5 Å². The number of methoxy groups -OCH3 is 1. The minimum Gasteiger partial charge on any atom is -0.497 e. The first kappa shape index (κ1) is 13.6. The predicted molar refractivity (Wildman–Crippen MR) is 75.1 cm³/mol. The van der Waals surface area contributed by atoms with Crippen LogP contribution in [0.5, 0.6) is 5.75 Å². The molecule has 1 heterocycles. The van der Waals surface area contributed by atoms with Gasteiger partial charge in [-0.25, -0.2) is 13.4 Å². The van der Waals surface area contributed by atoms with Gasteiger partial charge in [0.25, 0.3) is 10.0 Å². The van der Waals surface area contributed by atoms with E-state index in [1.165, 1.54) is 0 Å². The second-order valence-electron chi connectivity index (χ2n) is 3.76.